The van der Waals surface area contributed by atoms with Gasteiger partial charge < -0.3 is 11.5 Å². The number of hydrogen-bond donors (Lipinski definition) is 2. The van der Waals surface area contributed by atoms with Crippen LogP contribution in [0.15, 0.2) is 0 Å². The molecule has 0 spiro atoms. The van der Waals surface area contributed by atoms with Gasteiger partial charge in [-0.1, -0.05) is 0 Å². The molecule has 0 aromatic heterocycles. The Hall–Kier alpha value is -1.47. The van der Waals surface area contributed by atoms with E-state index in [9.17, 15) is 14.4 Å². The zero-order valence-electron chi connectivity index (χ0n) is 11.3. The molecular formula is C11H22N4O3+2. The summed E-state index contributed by atoms with van der Waals surface area (Å²) in [5.41, 5.74) is 10.6. The molecule has 7 nitrogen and oxygen atoms in total. The second-order valence-corrected chi connectivity index (χ2v) is 5.42. The maximum absolute atomic E-state index is 12.6. The van der Waals surface area contributed by atoms with Gasteiger partial charge in [-0.15, -0.1) is 0 Å². The molecule has 0 radical (unpaired) electrons. The molecule has 1 rings (SSSR count). The highest BCUT2D eigenvalue weighted by Gasteiger charge is 2.61. The van der Waals surface area contributed by atoms with Crippen molar-refractivity contribution in [2.45, 2.75) is 25.9 Å². The van der Waals surface area contributed by atoms with Gasteiger partial charge in [0.05, 0.1) is 14.1 Å². The number of carbonyl (C=O) groups is 3. The van der Waals surface area contributed by atoms with Crippen molar-refractivity contribution in [3.8, 4) is 0 Å². The van der Waals surface area contributed by atoms with E-state index in [1.807, 2.05) is 0 Å². The van der Waals surface area contributed by atoms with E-state index in [0.717, 1.165) is 0 Å². The standard InChI is InChI=1S/C11H20N4O3/c1-7(9(12)16)14(3)5-6-15(4,11(14)18)8(2)10(13)17/h7-8H,5-6H2,1-4H3,(H2-2,12,13,16,17)/p+2. The van der Waals surface area contributed by atoms with Crippen molar-refractivity contribution in [3.63, 3.8) is 0 Å². The Labute approximate surface area is 106 Å². The molecule has 4 unspecified atom stereocenters. The highest BCUT2D eigenvalue weighted by atomic mass is 16.2. The Kier molecular flexibility index (Phi) is 3.51. The average molecular weight is 258 g/mol. The minimum atomic E-state index is -0.613. The van der Waals surface area contributed by atoms with Crippen molar-refractivity contribution in [2.75, 3.05) is 27.2 Å². The number of quaternary nitrogens is 2. The molecule has 0 aromatic carbocycles. The van der Waals surface area contributed by atoms with Gasteiger partial charge in [-0.25, -0.2) is 0 Å². The molecule has 0 aromatic rings. The van der Waals surface area contributed by atoms with Crippen LogP contribution >= 0.6 is 0 Å². The summed E-state index contributed by atoms with van der Waals surface area (Å²) < 4.78 is -0.160. The van der Waals surface area contributed by atoms with Crippen molar-refractivity contribution in [1.82, 2.24) is 0 Å². The molecule has 1 aliphatic heterocycles. The molecule has 0 aliphatic carbocycles. The van der Waals surface area contributed by atoms with Crippen LogP contribution in [0.25, 0.3) is 0 Å². The lowest BCUT2D eigenvalue weighted by Gasteiger charge is -2.32. The van der Waals surface area contributed by atoms with Gasteiger partial charge in [-0.2, -0.15) is 13.8 Å². The summed E-state index contributed by atoms with van der Waals surface area (Å²) in [5.74, 6) is -1.04. The van der Waals surface area contributed by atoms with Crippen LogP contribution in [0.5, 0.6) is 0 Å². The van der Waals surface area contributed by atoms with Gasteiger partial charge in [-0.3, -0.25) is 9.59 Å². The van der Waals surface area contributed by atoms with Crippen LogP contribution in [-0.2, 0) is 9.59 Å². The normalized spacial score (nSPS) is 35.2. The largest absolute Gasteiger partial charge is 0.515 e. The Balaban J connectivity index is 3.11. The first-order valence-electron chi connectivity index (χ1n) is 5.91. The number of carbonyl (C=O) groups excluding carboxylic acids is 3. The van der Waals surface area contributed by atoms with E-state index in [2.05, 4.69) is 0 Å². The van der Waals surface area contributed by atoms with Crippen molar-refractivity contribution in [3.05, 3.63) is 0 Å². The van der Waals surface area contributed by atoms with Crippen LogP contribution in [0.1, 0.15) is 13.8 Å². The first-order chi connectivity index (χ1) is 8.07. The summed E-state index contributed by atoms with van der Waals surface area (Å²) in [7, 11) is 3.35. The van der Waals surface area contributed by atoms with Crippen molar-refractivity contribution in [1.29, 1.82) is 0 Å². The first-order valence-corrected chi connectivity index (χ1v) is 5.91. The number of likely N-dealkylation sites (N-methyl/N-ethyl adjacent to an activating group) is 2. The lowest BCUT2D eigenvalue weighted by atomic mass is 10.2. The average Bonchev–Trinajstić information content (AvgIpc) is 2.54. The van der Waals surface area contributed by atoms with Crippen LogP contribution in [0.2, 0.25) is 0 Å². The van der Waals surface area contributed by atoms with Crippen molar-refractivity contribution >= 4 is 17.8 Å². The lowest BCUT2D eigenvalue weighted by molar-refractivity contribution is -0.906. The lowest BCUT2D eigenvalue weighted by Crippen LogP contribution is -2.64. The predicted octanol–water partition coefficient (Wildman–Crippen LogP) is -1.24. The third-order valence-corrected chi connectivity index (χ3v) is 4.44. The highest BCUT2D eigenvalue weighted by Crippen LogP contribution is 2.28. The van der Waals surface area contributed by atoms with Crippen LogP contribution < -0.4 is 11.5 Å². The fourth-order valence-electron chi connectivity index (χ4n) is 2.41. The SMILES string of the molecule is CC(C(N)=O)[N+]1(C)CC[N+](C)(C(C)C(N)=O)C1=O. The maximum Gasteiger partial charge on any atom is 0.515 e. The quantitative estimate of drug-likeness (QED) is 0.616. The molecule has 0 bridgehead atoms. The fraction of sp³-hybridized carbons (Fsp3) is 0.727. The molecule has 4 atom stereocenters. The summed E-state index contributed by atoms with van der Waals surface area (Å²) in [4.78, 5) is 35.2. The smallest absolute Gasteiger partial charge is 0.365 e. The van der Waals surface area contributed by atoms with E-state index in [1.54, 1.807) is 27.9 Å². The number of nitrogens with zero attached hydrogens (tertiary/aromatic N) is 2. The summed E-state index contributed by atoms with van der Waals surface area (Å²) in [6, 6.07) is -1.43. The van der Waals surface area contributed by atoms with E-state index in [1.165, 1.54) is 0 Å². The molecule has 4 N–H and O–H groups in total. The molecule has 7 heteroatoms. The second-order valence-electron chi connectivity index (χ2n) is 5.42. The second kappa shape index (κ2) is 4.33. The third-order valence-electron chi connectivity index (χ3n) is 4.44. The van der Waals surface area contributed by atoms with Gasteiger partial charge in [0.1, 0.15) is 13.1 Å². The van der Waals surface area contributed by atoms with Crippen LogP contribution in [0, 0.1) is 0 Å². The first kappa shape index (κ1) is 14.6. The summed E-state index contributed by atoms with van der Waals surface area (Å²) in [6.45, 7) is 4.20. The van der Waals surface area contributed by atoms with Gasteiger partial charge >= 0.3 is 6.03 Å². The molecule has 0 saturated carbocycles. The molecule has 1 fully saturated rings. The van der Waals surface area contributed by atoms with E-state index in [0.29, 0.717) is 13.1 Å². The summed E-state index contributed by atoms with van der Waals surface area (Å²) >= 11 is 0. The van der Waals surface area contributed by atoms with E-state index in [-0.39, 0.29) is 15.0 Å². The third kappa shape index (κ3) is 1.89. The number of primary amides is 2. The number of hydrogen-bond acceptors (Lipinski definition) is 3. The molecule has 1 aliphatic rings. The van der Waals surface area contributed by atoms with E-state index < -0.39 is 23.9 Å². The van der Waals surface area contributed by atoms with Crippen molar-refractivity contribution < 1.29 is 23.3 Å². The number of urea groups is 1. The van der Waals surface area contributed by atoms with Gasteiger partial charge in [0, 0.05) is 0 Å². The van der Waals surface area contributed by atoms with Crippen LogP contribution in [0.4, 0.5) is 4.79 Å². The molecule has 102 valence electrons. The zero-order valence-corrected chi connectivity index (χ0v) is 11.3. The Bertz CT molecular complexity index is 375. The van der Waals surface area contributed by atoms with Crippen molar-refractivity contribution in [2.24, 2.45) is 11.5 Å². The van der Waals surface area contributed by atoms with Crippen LogP contribution in [-0.4, -0.2) is 66.1 Å². The summed E-state index contributed by atoms with van der Waals surface area (Å²) in [5, 5.41) is 0. The Morgan fingerprint density at radius 3 is 1.50 bits per heavy atom. The molecule has 1 heterocycles. The number of rotatable bonds is 4. The highest BCUT2D eigenvalue weighted by molar-refractivity contribution is 5.82. The fourth-order valence-corrected chi connectivity index (χ4v) is 2.41. The number of nitrogens with two attached hydrogens (primary N) is 2. The van der Waals surface area contributed by atoms with Gasteiger partial charge in [0.2, 0.25) is 0 Å². The number of amides is 4. The maximum atomic E-state index is 12.6. The minimum absolute atomic E-state index is 0.0799. The molecule has 18 heavy (non-hydrogen) atoms. The molecular weight excluding hydrogens is 236 g/mol. The topological polar surface area (TPSA) is 103 Å². The summed E-state index contributed by atoms with van der Waals surface area (Å²) in [6.07, 6.45) is 0. The minimum Gasteiger partial charge on any atom is -0.365 e. The molecule has 1 saturated heterocycles. The molecule has 4 amide bonds. The van der Waals surface area contributed by atoms with Crippen LogP contribution in [0.3, 0.4) is 0 Å². The van der Waals surface area contributed by atoms with Gasteiger partial charge in [-0.05, 0) is 13.8 Å². The monoisotopic (exact) mass is 258 g/mol. The predicted molar refractivity (Wildman–Crippen MR) is 64.8 cm³/mol. The van der Waals surface area contributed by atoms with Gasteiger partial charge in [0.25, 0.3) is 11.8 Å². The Morgan fingerprint density at radius 2 is 1.28 bits per heavy atom. The zero-order chi connectivity index (χ0) is 14.3. The van der Waals surface area contributed by atoms with E-state index >= 15 is 0 Å². The van der Waals surface area contributed by atoms with E-state index in [4.69, 9.17) is 11.5 Å². The van der Waals surface area contributed by atoms with Gasteiger partial charge in [0.15, 0.2) is 12.1 Å². The Morgan fingerprint density at radius 1 is 1.00 bits per heavy atom.